The van der Waals surface area contributed by atoms with Gasteiger partial charge in [-0.25, -0.2) is 0 Å². The molecule has 0 unspecified atom stereocenters. The summed E-state index contributed by atoms with van der Waals surface area (Å²) in [6.45, 7) is 7.86. The van der Waals surface area contributed by atoms with E-state index in [0.717, 1.165) is 12.8 Å². The van der Waals surface area contributed by atoms with Crippen LogP contribution in [0.4, 0.5) is 0 Å². The summed E-state index contributed by atoms with van der Waals surface area (Å²) in [6.07, 6.45) is 3.54. The van der Waals surface area contributed by atoms with Crippen LogP contribution in [0.25, 0.3) is 0 Å². The number of aryl methyl sites for hydroxylation is 2. The van der Waals surface area contributed by atoms with Gasteiger partial charge in [0.05, 0.1) is 0 Å². The highest BCUT2D eigenvalue weighted by Gasteiger charge is 2.02. The van der Waals surface area contributed by atoms with Gasteiger partial charge < -0.3 is 4.57 Å². The van der Waals surface area contributed by atoms with Gasteiger partial charge in [-0.15, -0.1) is 0 Å². The van der Waals surface area contributed by atoms with Crippen LogP contribution in [-0.4, -0.2) is 4.57 Å². The molecule has 0 aliphatic carbocycles. The Morgan fingerprint density at radius 3 is 1.83 bits per heavy atom. The molecule has 0 atom stereocenters. The smallest absolute Gasteiger partial charge is 0.0222 e. The van der Waals surface area contributed by atoms with E-state index in [0.29, 0.717) is 0 Å². The number of nitrogens with zero attached hydrogens (tertiary/aromatic N) is 1. The highest BCUT2D eigenvalue weighted by molar-refractivity contribution is 5.16. The number of hydrogen-bond acceptors (Lipinski definition) is 0. The van der Waals surface area contributed by atoms with Gasteiger partial charge in [-0.2, -0.15) is 0 Å². The van der Waals surface area contributed by atoms with Crippen LogP contribution in [0.5, 0.6) is 0 Å². The lowest BCUT2D eigenvalue weighted by atomic mass is 10.3. The Bertz CT molecular complexity index is 214. The summed E-state index contributed by atoms with van der Waals surface area (Å²) < 4.78 is 2.46. The first-order valence-corrected chi connectivity index (χ1v) is 5.00. The Labute approximate surface area is 75.4 Å². The third-order valence-electron chi connectivity index (χ3n) is 2.33. The van der Waals surface area contributed by atoms with Gasteiger partial charge in [0, 0.05) is 17.9 Å². The molecule has 1 heteroatoms. The van der Waals surface area contributed by atoms with Crippen molar-refractivity contribution in [2.24, 2.45) is 0 Å². The topological polar surface area (TPSA) is 4.93 Å². The molecular weight excluding hydrogens is 146 g/mol. The van der Waals surface area contributed by atoms with Crippen molar-refractivity contribution in [3.63, 3.8) is 0 Å². The van der Waals surface area contributed by atoms with Crippen molar-refractivity contribution >= 4 is 0 Å². The second kappa shape index (κ2) is 4.34. The van der Waals surface area contributed by atoms with E-state index in [1.54, 1.807) is 0 Å². The molecule has 0 aliphatic rings. The zero-order chi connectivity index (χ0) is 8.97. The molecule has 0 fully saturated rings. The van der Waals surface area contributed by atoms with Crippen LogP contribution in [-0.2, 0) is 19.4 Å². The molecule has 0 aromatic carbocycles. The van der Waals surface area contributed by atoms with Gasteiger partial charge in [0.25, 0.3) is 0 Å². The molecule has 0 aliphatic heterocycles. The Kier molecular flexibility index (Phi) is 3.39. The highest BCUT2D eigenvalue weighted by Crippen LogP contribution is 2.11. The zero-order valence-electron chi connectivity index (χ0n) is 8.43. The first-order chi connectivity index (χ1) is 5.83. The number of aromatic nitrogens is 1. The highest BCUT2D eigenvalue weighted by atomic mass is 15.0. The largest absolute Gasteiger partial charge is 0.349 e. The van der Waals surface area contributed by atoms with Crippen molar-refractivity contribution in [2.75, 3.05) is 0 Å². The Hall–Kier alpha value is -0.720. The van der Waals surface area contributed by atoms with Crippen LogP contribution in [0.2, 0.25) is 0 Å². The van der Waals surface area contributed by atoms with Crippen molar-refractivity contribution in [1.82, 2.24) is 4.57 Å². The second-order valence-electron chi connectivity index (χ2n) is 3.17. The van der Waals surface area contributed by atoms with Gasteiger partial charge in [0.1, 0.15) is 0 Å². The molecule has 0 spiro atoms. The van der Waals surface area contributed by atoms with E-state index in [9.17, 15) is 0 Å². The van der Waals surface area contributed by atoms with Gasteiger partial charge in [-0.1, -0.05) is 20.8 Å². The Morgan fingerprint density at radius 2 is 1.50 bits per heavy atom. The second-order valence-corrected chi connectivity index (χ2v) is 3.17. The summed E-state index contributed by atoms with van der Waals surface area (Å²) in [5.74, 6) is 0. The van der Waals surface area contributed by atoms with E-state index >= 15 is 0 Å². The van der Waals surface area contributed by atoms with Crippen LogP contribution in [0.1, 0.15) is 38.6 Å². The minimum absolute atomic E-state index is 1.15. The van der Waals surface area contributed by atoms with Gasteiger partial charge in [0.15, 0.2) is 0 Å². The van der Waals surface area contributed by atoms with Crippen LogP contribution in [0, 0.1) is 0 Å². The molecule has 1 nitrogen and oxygen atoms in total. The molecule has 0 N–H and O–H groups in total. The average molecular weight is 165 g/mol. The summed E-state index contributed by atoms with van der Waals surface area (Å²) in [6, 6.07) is 4.52. The Balaban J connectivity index is 2.90. The number of hydrogen-bond donors (Lipinski definition) is 0. The van der Waals surface area contributed by atoms with Gasteiger partial charge in [-0.05, 0) is 31.4 Å². The van der Waals surface area contributed by atoms with Crippen molar-refractivity contribution < 1.29 is 0 Å². The zero-order valence-corrected chi connectivity index (χ0v) is 8.43. The fourth-order valence-corrected chi connectivity index (χ4v) is 1.69. The predicted molar refractivity (Wildman–Crippen MR) is 53.5 cm³/mol. The molecule has 1 aromatic rings. The van der Waals surface area contributed by atoms with Crippen LogP contribution in [0.15, 0.2) is 12.1 Å². The maximum absolute atomic E-state index is 2.46. The van der Waals surface area contributed by atoms with Crippen LogP contribution < -0.4 is 0 Å². The molecule has 1 heterocycles. The Morgan fingerprint density at radius 1 is 1.00 bits per heavy atom. The lowest BCUT2D eigenvalue weighted by Crippen LogP contribution is -2.04. The van der Waals surface area contributed by atoms with Gasteiger partial charge in [-0.3, -0.25) is 0 Å². The van der Waals surface area contributed by atoms with E-state index in [1.165, 1.54) is 24.4 Å². The third kappa shape index (κ3) is 1.71. The molecule has 68 valence electrons. The number of rotatable bonds is 4. The standard InChI is InChI=1S/C11H19N/c1-4-9-12-10(5-2)7-8-11(12)6-3/h7-8H,4-6,9H2,1-3H3. The summed E-state index contributed by atoms with van der Waals surface area (Å²) in [5.41, 5.74) is 2.96. The molecule has 1 aromatic heterocycles. The van der Waals surface area contributed by atoms with Crippen molar-refractivity contribution in [3.8, 4) is 0 Å². The minimum atomic E-state index is 1.15. The fourth-order valence-electron chi connectivity index (χ4n) is 1.69. The fraction of sp³-hybridized carbons (Fsp3) is 0.636. The maximum atomic E-state index is 2.46. The normalized spacial score (nSPS) is 10.6. The lowest BCUT2D eigenvalue weighted by Gasteiger charge is -2.09. The van der Waals surface area contributed by atoms with Crippen LogP contribution in [0.3, 0.4) is 0 Å². The van der Waals surface area contributed by atoms with E-state index in [4.69, 9.17) is 0 Å². The first-order valence-electron chi connectivity index (χ1n) is 5.00. The van der Waals surface area contributed by atoms with Gasteiger partial charge >= 0.3 is 0 Å². The summed E-state index contributed by atoms with van der Waals surface area (Å²) in [4.78, 5) is 0. The molecular formula is C11H19N. The van der Waals surface area contributed by atoms with Crippen LogP contribution >= 0.6 is 0 Å². The molecule has 0 radical (unpaired) electrons. The average Bonchev–Trinajstić information content (AvgIpc) is 2.48. The van der Waals surface area contributed by atoms with E-state index < -0.39 is 0 Å². The first kappa shape index (κ1) is 9.37. The maximum Gasteiger partial charge on any atom is 0.0222 e. The van der Waals surface area contributed by atoms with E-state index in [-0.39, 0.29) is 0 Å². The predicted octanol–water partition coefficient (Wildman–Crippen LogP) is 3.02. The molecule has 0 bridgehead atoms. The summed E-state index contributed by atoms with van der Waals surface area (Å²) in [5, 5.41) is 0. The van der Waals surface area contributed by atoms with Gasteiger partial charge in [0.2, 0.25) is 0 Å². The minimum Gasteiger partial charge on any atom is -0.349 e. The summed E-state index contributed by atoms with van der Waals surface area (Å²) >= 11 is 0. The monoisotopic (exact) mass is 165 g/mol. The quantitative estimate of drug-likeness (QED) is 0.646. The molecule has 12 heavy (non-hydrogen) atoms. The van der Waals surface area contributed by atoms with Crippen molar-refractivity contribution in [1.29, 1.82) is 0 Å². The SMILES string of the molecule is CCCn1c(CC)ccc1CC. The van der Waals surface area contributed by atoms with E-state index in [2.05, 4.69) is 37.5 Å². The molecule has 0 amide bonds. The lowest BCUT2D eigenvalue weighted by molar-refractivity contribution is 0.625. The van der Waals surface area contributed by atoms with Crippen molar-refractivity contribution in [3.05, 3.63) is 23.5 Å². The molecule has 1 rings (SSSR count). The summed E-state index contributed by atoms with van der Waals surface area (Å²) in [7, 11) is 0. The van der Waals surface area contributed by atoms with E-state index in [1.807, 2.05) is 0 Å². The molecule has 0 saturated heterocycles. The van der Waals surface area contributed by atoms with Crippen molar-refractivity contribution in [2.45, 2.75) is 46.6 Å². The molecule has 0 saturated carbocycles. The third-order valence-corrected chi connectivity index (χ3v) is 2.33.